The van der Waals surface area contributed by atoms with Gasteiger partial charge in [-0.1, -0.05) is 64.8 Å². The van der Waals surface area contributed by atoms with Crippen molar-refractivity contribution in [3.63, 3.8) is 0 Å². The highest BCUT2D eigenvalue weighted by Gasteiger charge is 2.63. The Labute approximate surface area is 158 Å². The summed E-state index contributed by atoms with van der Waals surface area (Å²) in [6.45, 7) is 9.29. The molecule has 1 N–H and O–H groups in total. The van der Waals surface area contributed by atoms with E-state index in [9.17, 15) is 5.11 Å². The van der Waals surface area contributed by atoms with Crippen LogP contribution in [0.2, 0.25) is 0 Å². The first-order valence-corrected chi connectivity index (χ1v) is 11.3. The van der Waals surface area contributed by atoms with Crippen molar-refractivity contribution in [2.45, 2.75) is 70.2 Å². The van der Waals surface area contributed by atoms with Crippen LogP contribution >= 0.6 is 31.9 Å². The fourth-order valence-corrected chi connectivity index (χ4v) is 8.26. The van der Waals surface area contributed by atoms with Crippen molar-refractivity contribution in [2.75, 3.05) is 5.33 Å². The Bertz CT molecular complexity index is 486. The van der Waals surface area contributed by atoms with Crippen LogP contribution in [0.15, 0.2) is 12.2 Å². The van der Waals surface area contributed by atoms with Gasteiger partial charge >= 0.3 is 0 Å². The van der Waals surface area contributed by atoms with Crippen LogP contribution in [0.5, 0.6) is 0 Å². The minimum Gasteiger partial charge on any atom is -0.390 e. The molecule has 2 saturated carbocycles. The molecule has 0 aromatic heterocycles. The number of alkyl halides is 2. The number of allylic oxidation sites excluding steroid dienone is 2. The zero-order valence-electron chi connectivity index (χ0n) is 15.0. The maximum atomic E-state index is 11.4. The Balaban J connectivity index is 2.10. The van der Waals surface area contributed by atoms with Gasteiger partial charge in [0.1, 0.15) is 0 Å². The molecule has 0 aliphatic heterocycles. The van der Waals surface area contributed by atoms with Crippen molar-refractivity contribution in [3.05, 3.63) is 12.2 Å². The molecular formula is C20H32Br2O. The van der Waals surface area contributed by atoms with E-state index in [-0.39, 0.29) is 5.41 Å². The smallest absolute Gasteiger partial charge is 0.0659 e. The van der Waals surface area contributed by atoms with Gasteiger partial charge in [-0.2, -0.15) is 0 Å². The molecule has 2 fully saturated rings. The quantitative estimate of drug-likeness (QED) is 0.410. The summed E-state index contributed by atoms with van der Waals surface area (Å²) in [5.74, 6) is 2.24. The average Bonchev–Trinajstić information content (AvgIpc) is 2.50. The predicted molar refractivity (Wildman–Crippen MR) is 105 cm³/mol. The Morgan fingerprint density at radius 2 is 1.91 bits per heavy atom. The largest absolute Gasteiger partial charge is 0.390 e. The Morgan fingerprint density at radius 1 is 1.22 bits per heavy atom. The summed E-state index contributed by atoms with van der Waals surface area (Å²) in [4.78, 5) is 0.529. The normalized spacial score (nSPS) is 53.0. The molecule has 0 saturated heterocycles. The van der Waals surface area contributed by atoms with Gasteiger partial charge in [-0.05, 0) is 67.6 Å². The lowest BCUT2D eigenvalue weighted by molar-refractivity contribution is -0.171. The molecule has 0 bridgehead atoms. The molecule has 0 amide bonds. The molecule has 132 valence electrons. The molecule has 3 aliphatic rings. The molecule has 3 heteroatoms. The van der Waals surface area contributed by atoms with Gasteiger partial charge in [0.05, 0.1) is 5.60 Å². The zero-order chi connectivity index (χ0) is 17.0. The fourth-order valence-electron chi connectivity index (χ4n) is 6.45. The maximum absolute atomic E-state index is 11.4. The van der Waals surface area contributed by atoms with E-state index in [1.54, 1.807) is 0 Å². The van der Waals surface area contributed by atoms with E-state index in [4.69, 9.17) is 0 Å². The maximum Gasteiger partial charge on any atom is 0.0659 e. The monoisotopic (exact) mass is 446 g/mol. The topological polar surface area (TPSA) is 20.2 Å². The molecule has 0 radical (unpaired) electrons. The number of fused-ring (bicyclic) bond motifs is 3. The molecule has 0 aromatic carbocycles. The van der Waals surface area contributed by atoms with Gasteiger partial charge in [-0.15, -0.1) is 0 Å². The molecule has 3 rings (SSSR count). The zero-order valence-corrected chi connectivity index (χ0v) is 18.2. The van der Waals surface area contributed by atoms with E-state index in [0.717, 1.165) is 18.2 Å². The van der Waals surface area contributed by atoms with Crippen molar-refractivity contribution >= 4 is 31.9 Å². The second kappa shape index (κ2) is 6.13. The number of hydrogen-bond donors (Lipinski definition) is 1. The molecule has 0 aromatic rings. The molecular weight excluding hydrogens is 416 g/mol. The molecule has 4 unspecified atom stereocenters. The third-order valence-corrected chi connectivity index (χ3v) is 10.2. The molecule has 7 atom stereocenters. The van der Waals surface area contributed by atoms with Crippen LogP contribution < -0.4 is 0 Å². The van der Waals surface area contributed by atoms with E-state index in [1.807, 2.05) is 0 Å². The van der Waals surface area contributed by atoms with Gasteiger partial charge in [-0.3, -0.25) is 0 Å². The van der Waals surface area contributed by atoms with Crippen LogP contribution in [0.4, 0.5) is 0 Å². The van der Waals surface area contributed by atoms with Crippen molar-refractivity contribution in [1.82, 2.24) is 0 Å². The summed E-state index contributed by atoms with van der Waals surface area (Å²) >= 11 is 7.90. The summed E-state index contributed by atoms with van der Waals surface area (Å²) in [6, 6.07) is 0. The van der Waals surface area contributed by atoms with Gasteiger partial charge in [0, 0.05) is 16.1 Å². The SMILES string of the molecule is CC(C)C1CC=CC2[C@H]3C(C)(CC[C@]12CBr)C(Br)CC[C@@]3(C)O. The summed E-state index contributed by atoms with van der Waals surface area (Å²) in [7, 11) is 0. The highest BCUT2D eigenvalue weighted by atomic mass is 79.9. The van der Waals surface area contributed by atoms with Gasteiger partial charge in [0.2, 0.25) is 0 Å². The number of hydrogen-bond acceptors (Lipinski definition) is 1. The third-order valence-electron chi connectivity index (χ3n) is 7.68. The highest BCUT2D eigenvalue weighted by Crippen LogP contribution is 2.67. The molecule has 0 spiro atoms. The Morgan fingerprint density at radius 3 is 2.52 bits per heavy atom. The van der Waals surface area contributed by atoms with E-state index in [1.165, 1.54) is 19.3 Å². The van der Waals surface area contributed by atoms with Gasteiger partial charge < -0.3 is 5.11 Å². The van der Waals surface area contributed by atoms with E-state index >= 15 is 0 Å². The van der Waals surface area contributed by atoms with Crippen molar-refractivity contribution in [3.8, 4) is 0 Å². The summed E-state index contributed by atoms with van der Waals surface area (Å²) < 4.78 is 0. The van der Waals surface area contributed by atoms with E-state index < -0.39 is 5.60 Å². The van der Waals surface area contributed by atoms with Crippen molar-refractivity contribution in [2.24, 2.45) is 34.5 Å². The first-order chi connectivity index (χ1) is 10.7. The van der Waals surface area contributed by atoms with Crippen LogP contribution in [-0.2, 0) is 0 Å². The number of aliphatic hydroxyl groups is 1. The van der Waals surface area contributed by atoms with Gasteiger partial charge in [-0.25, -0.2) is 0 Å². The highest BCUT2D eigenvalue weighted by molar-refractivity contribution is 9.09. The third kappa shape index (κ3) is 2.63. The minimum atomic E-state index is -0.555. The van der Waals surface area contributed by atoms with Crippen LogP contribution in [0.1, 0.15) is 59.8 Å². The average molecular weight is 448 g/mol. The fraction of sp³-hybridized carbons (Fsp3) is 0.900. The summed E-state index contributed by atoms with van der Waals surface area (Å²) in [5, 5.41) is 12.4. The standard InChI is InChI=1S/C20H32Br2O/c1-13(2)14-6-5-7-15-17-18(3,10-11-20(14,15)12-21)16(22)8-9-19(17,4)23/h5,7,13-17,23H,6,8-12H2,1-4H3/t14?,15?,16?,17-,18?,19+,20-/m0/s1. The lowest BCUT2D eigenvalue weighted by Crippen LogP contribution is -2.64. The summed E-state index contributed by atoms with van der Waals surface area (Å²) in [5.41, 5.74) is -0.0524. The Hall–Kier alpha value is 0.660. The van der Waals surface area contributed by atoms with Gasteiger partial charge in [0.15, 0.2) is 0 Å². The Kier molecular flexibility index (Phi) is 4.91. The summed E-state index contributed by atoms with van der Waals surface area (Å²) in [6.07, 6.45) is 10.6. The van der Waals surface area contributed by atoms with Crippen molar-refractivity contribution < 1.29 is 5.11 Å². The van der Waals surface area contributed by atoms with Crippen LogP contribution in [0.3, 0.4) is 0 Å². The molecule has 3 aliphatic carbocycles. The first kappa shape index (κ1) is 18.5. The van der Waals surface area contributed by atoms with Crippen LogP contribution in [-0.4, -0.2) is 20.9 Å². The van der Waals surface area contributed by atoms with Crippen LogP contribution in [0.25, 0.3) is 0 Å². The number of rotatable bonds is 2. The minimum absolute atomic E-state index is 0.196. The molecule has 1 nitrogen and oxygen atoms in total. The van der Waals surface area contributed by atoms with E-state index in [2.05, 4.69) is 71.7 Å². The lowest BCUT2D eigenvalue weighted by Gasteiger charge is -2.65. The first-order valence-electron chi connectivity index (χ1n) is 9.28. The lowest BCUT2D eigenvalue weighted by atomic mass is 9.42. The second-order valence-electron chi connectivity index (χ2n) is 9.25. The molecule has 0 heterocycles. The number of halogens is 2. The van der Waals surface area contributed by atoms with Gasteiger partial charge in [0.25, 0.3) is 0 Å². The van der Waals surface area contributed by atoms with Crippen molar-refractivity contribution in [1.29, 1.82) is 0 Å². The second-order valence-corrected chi connectivity index (χ2v) is 10.9. The predicted octanol–water partition coefficient (Wildman–Crippen LogP) is 5.94. The van der Waals surface area contributed by atoms with Crippen LogP contribution in [0, 0.1) is 34.5 Å². The van der Waals surface area contributed by atoms with E-state index in [0.29, 0.717) is 33.9 Å². The molecule has 23 heavy (non-hydrogen) atoms.